The van der Waals surface area contributed by atoms with E-state index in [1.165, 1.54) is 6.33 Å². The van der Waals surface area contributed by atoms with Gasteiger partial charge in [0.05, 0.1) is 7.05 Å². The Bertz CT molecular complexity index is 461. The molecule has 0 saturated heterocycles. The van der Waals surface area contributed by atoms with E-state index < -0.39 is 0 Å². The average molecular weight is 198 g/mol. The van der Waals surface area contributed by atoms with Crippen LogP contribution in [0.1, 0.15) is 0 Å². The van der Waals surface area contributed by atoms with Gasteiger partial charge in [-0.05, 0) is 9.67 Å². The summed E-state index contributed by atoms with van der Waals surface area (Å²) in [6.07, 6.45) is 3.09. The van der Waals surface area contributed by atoms with Crippen LogP contribution in [0.15, 0.2) is 12.7 Å². The van der Waals surface area contributed by atoms with Gasteiger partial charge in [0.2, 0.25) is 6.33 Å². The van der Waals surface area contributed by atoms with Gasteiger partial charge in [-0.25, -0.2) is 4.57 Å². The summed E-state index contributed by atoms with van der Waals surface area (Å²) in [6, 6.07) is 0. The number of hydrogen-bond donors (Lipinski definition) is 0. The molecule has 0 spiro atoms. The molecule has 2 aromatic rings. The summed E-state index contributed by atoms with van der Waals surface area (Å²) in [5.74, 6) is 0. The highest BCUT2D eigenvalue weighted by molar-refractivity contribution is 6.32. The van der Waals surface area contributed by atoms with Crippen LogP contribution in [0.25, 0.3) is 11.2 Å². The number of nitrogens with zero attached hydrogens (tertiary/aromatic N) is 5. The van der Waals surface area contributed by atoms with Gasteiger partial charge in [-0.3, -0.25) is 0 Å². The van der Waals surface area contributed by atoms with E-state index in [4.69, 9.17) is 11.6 Å². The second kappa shape index (κ2) is 2.85. The lowest BCUT2D eigenvalue weighted by atomic mass is 10.5. The smallest absolute Gasteiger partial charge is 0.219 e. The quantitative estimate of drug-likeness (QED) is 0.416. The third-order valence-electron chi connectivity index (χ3n) is 1.82. The zero-order valence-electron chi connectivity index (χ0n) is 7.27. The normalized spacial score (nSPS) is 10.7. The van der Waals surface area contributed by atoms with Gasteiger partial charge in [0.15, 0.2) is 5.15 Å². The Hall–Kier alpha value is -1.36. The molecule has 0 amide bonds. The molecule has 5 nitrogen and oxygen atoms in total. The first kappa shape index (κ1) is 8.25. The molecule has 0 saturated carbocycles. The van der Waals surface area contributed by atoms with E-state index in [9.17, 15) is 0 Å². The van der Waals surface area contributed by atoms with Crippen LogP contribution in [0.5, 0.6) is 0 Å². The monoisotopic (exact) mass is 197 g/mol. The summed E-state index contributed by atoms with van der Waals surface area (Å²) < 4.78 is 3.44. The molecule has 66 valence electrons. The van der Waals surface area contributed by atoms with Crippen LogP contribution in [0.3, 0.4) is 0 Å². The van der Waals surface area contributed by atoms with Crippen molar-refractivity contribution in [3.8, 4) is 0 Å². The SMILES string of the molecule is C[n+]1cn[n+](C)c2ncnc(Cl)c21. The van der Waals surface area contributed by atoms with Crippen molar-refractivity contribution in [3.05, 3.63) is 17.8 Å². The van der Waals surface area contributed by atoms with Gasteiger partial charge < -0.3 is 0 Å². The molecule has 0 aromatic carbocycles. The minimum Gasteiger partial charge on any atom is -0.219 e. The van der Waals surface area contributed by atoms with Gasteiger partial charge in [0, 0.05) is 0 Å². The third kappa shape index (κ3) is 1.21. The molecule has 0 unspecified atom stereocenters. The minimum absolute atomic E-state index is 0.436. The predicted octanol–water partition coefficient (Wildman–Crippen LogP) is -0.673. The van der Waals surface area contributed by atoms with Gasteiger partial charge in [-0.2, -0.15) is 4.98 Å². The van der Waals surface area contributed by atoms with Gasteiger partial charge in [0.1, 0.15) is 12.1 Å². The highest BCUT2D eigenvalue weighted by Crippen LogP contribution is 2.09. The fourth-order valence-electron chi connectivity index (χ4n) is 1.16. The van der Waals surface area contributed by atoms with E-state index in [-0.39, 0.29) is 0 Å². The highest BCUT2D eigenvalue weighted by Gasteiger charge is 2.20. The maximum absolute atomic E-state index is 5.92. The lowest BCUT2D eigenvalue weighted by Gasteiger charge is -1.93. The zero-order chi connectivity index (χ0) is 9.42. The summed E-state index contributed by atoms with van der Waals surface area (Å²) in [7, 11) is 3.66. The van der Waals surface area contributed by atoms with Crippen LogP contribution in [-0.2, 0) is 14.1 Å². The van der Waals surface area contributed by atoms with E-state index in [0.29, 0.717) is 10.8 Å². The standard InChI is InChI=1S/C7H8ClN5/c1-12-4-11-13(2)7-5(12)6(8)9-3-10-7/h3-4H,1-2H3/q+2. The van der Waals surface area contributed by atoms with Crippen LogP contribution in [-0.4, -0.2) is 15.1 Å². The Morgan fingerprint density at radius 2 is 2.08 bits per heavy atom. The summed E-state index contributed by atoms with van der Waals surface area (Å²) >= 11 is 5.92. The predicted molar refractivity (Wildman–Crippen MR) is 44.7 cm³/mol. The zero-order valence-corrected chi connectivity index (χ0v) is 8.02. The van der Waals surface area contributed by atoms with Crippen molar-refractivity contribution in [1.29, 1.82) is 0 Å². The topological polar surface area (TPSA) is 46.4 Å². The molecule has 13 heavy (non-hydrogen) atoms. The maximum atomic E-state index is 5.92. The second-order valence-electron chi connectivity index (χ2n) is 2.70. The van der Waals surface area contributed by atoms with Crippen LogP contribution >= 0.6 is 11.6 Å². The maximum Gasteiger partial charge on any atom is 0.414 e. The van der Waals surface area contributed by atoms with Crippen LogP contribution in [0, 0.1) is 0 Å². The summed E-state index contributed by atoms with van der Waals surface area (Å²) in [5.41, 5.74) is 1.49. The van der Waals surface area contributed by atoms with Crippen LogP contribution < -0.4 is 9.25 Å². The molecule has 0 bridgehead atoms. The van der Waals surface area contributed by atoms with Crippen LogP contribution in [0.4, 0.5) is 0 Å². The molecule has 2 rings (SSSR count). The molecule has 2 heterocycles. The molecule has 0 aliphatic heterocycles. The molecule has 0 atom stereocenters. The second-order valence-corrected chi connectivity index (χ2v) is 3.06. The first-order valence-corrected chi connectivity index (χ1v) is 4.09. The molecule has 0 N–H and O–H groups in total. The Kier molecular flexibility index (Phi) is 1.81. The van der Waals surface area contributed by atoms with Crippen molar-refractivity contribution in [1.82, 2.24) is 15.1 Å². The van der Waals surface area contributed by atoms with Gasteiger partial charge in [-0.15, -0.1) is 0 Å². The fourth-order valence-corrected chi connectivity index (χ4v) is 1.42. The molecule has 0 radical (unpaired) electrons. The number of halogens is 1. The minimum atomic E-state index is 0.436. The molecule has 6 heteroatoms. The largest absolute Gasteiger partial charge is 0.414 e. The van der Waals surface area contributed by atoms with E-state index in [1.54, 1.807) is 15.6 Å². The van der Waals surface area contributed by atoms with Crippen molar-refractivity contribution in [2.24, 2.45) is 14.1 Å². The Labute approximate surface area is 79.6 Å². The fraction of sp³-hybridized carbons (Fsp3) is 0.286. The highest BCUT2D eigenvalue weighted by atomic mass is 35.5. The number of hydrogen-bond acceptors (Lipinski definition) is 3. The molecule has 0 aliphatic rings. The Balaban J connectivity index is 3.00. The van der Waals surface area contributed by atoms with E-state index in [2.05, 4.69) is 15.1 Å². The van der Waals surface area contributed by atoms with Gasteiger partial charge in [-0.1, -0.05) is 11.6 Å². The summed E-state index contributed by atoms with van der Waals surface area (Å²) in [5, 5.41) is 4.51. The molecular weight excluding hydrogens is 190 g/mol. The van der Waals surface area contributed by atoms with E-state index >= 15 is 0 Å². The number of rotatable bonds is 0. The Morgan fingerprint density at radius 3 is 2.77 bits per heavy atom. The first-order valence-electron chi connectivity index (χ1n) is 3.71. The van der Waals surface area contributed by atoms with Crippen molar-refractivity contribution in [2.75, 3.05) is 0 Å². The molecule has 2 aromatic heterocycles. The Morgan fingerprint density at radius 1 is 1.31 bits per heavy atom. The van der Waals surface area contributed by atoms with Gasteiger partial charge >= 0.3 is 12.0 Å². The third-order valence-corrected chi connectivity index (χ3v) is 2.09. The van der Waals surface area contributed by atoms with Crippen molar-refractivity contribution in [2.45, 2.75) is 0 Å². The molecule has 0 fully saturated rings. The first-order chi connectivity index (χ1) is 6.20. The lowest BCUT2D eigenvalue weighted by molar-refractivity contribution is -0.742. The lowest BCUT2D eigenvalue weighted by Crippen LogP contribution is -2.43. The van der Waals surface area contributed by atoms with E-state index in [1.807, 2.05) is 14.1 Å². The van der Waals surface area contributed by atoms with Crippen molar-refractivity contribution >= 4 is 22.8 Å². The average Bonchev–Trinajstić information content (AvgIpc) is 2.12. The number of aromatic nitrogens is 5. The van der Waals surface area contributed by atoms with Crippen molar-refractivity contribution in [3.63, 3.8) is 0 Å². The molecule has 0 aliphatic carbocycles. The van der Waals surface area contributed by atoms with Crippen LogP contribution in [0.2, 0.25) is 5.15 Å². The number of aryl methyl sites for hydroxylation is 2. The van der Waals surface area contributed by atoms with Crippen molar-refractivity contribution < 1.29 is 9.25 Å². The summed E-state index contributed by atoms with van der Waals surface area (Å²) in [4.78, 5) is 7.99. The summed E-state index contributed by atoms with van der Waals surface area (Å²) in [6.45, 7) is 0. The van der Waals surface area contributed by atoms with Gasteiger partial charge in [0.25, 0.3) is 5.52 Å². The molecular formula is C7H8ClN5+2. The number of fused-ring (bicyclic) bond motifs is 1. The van der Waals surface area contributed by atoms with E-state index in [0.717, 1.165) is 5.52 Å².